The van der Waals surface area contributed by atoms with E-state index in [9.17, 15) is 4.79 Å². The Morgan fingerprint density at radius 3 is 2.76 bits per heavy atom. The van der Waals surface area contributed by atoms with Crippen molar-refractivity contribution in [1.82, 2.24) is 4.98 Å². The summed E-state index contributed by atoms with van der Waals surface area (Å²) in [5, 5.41) is 14.8. The van der Waals surface area contributed by atoms with E-state index >= 15 is 0 Å². The lowest BCUT2D eigenvalue weighted by Gasteiger charge is -2.01. The van der Waals surface area contributed by atoms with Crippen molar-refractivity contribution in [2.45, 2.75) is 6.42 Å². The van der Waals surface area contributed by atoms with E-state index in [0.717, 1.165) is 5.69 Å². The van der Waals surface area contributed by atoms with Gasteiger partial charge in [-0.2, -0.15) is 0 Å². The Morgan fingerprint density at radius 1 is 1.41 bits per heavy atom. The summed E-state index contributed by atoms with van der Waals surface area (Å²) in [7, 11) is 0. The average Bonchev–Trinajstić information content (AvgIpc) is 2.68. The number of nitrogens with one attached hydrogen (secondary N) is 1. The molecule has 2 rings (SSSR count). The summed E-state index contributed by atoms with van der Waals surface area (Å²) < 4.78 is 0. The summed E-state index contributed by atoms with van der Waals surface area (Å²) in [4.78, 5) is 14.7. The van der Waals surface area contributed by atoms with E-state index in [1.165, 1.54) is 11.3 Å². The number of rotatable bonds is 4. The largest absolute Gasteiger partial charge is 0.481 e. The highest BCUT2D eigenvalue weighted by Gasteiger charge is 2.06. The first-order valence-electron chi connectivity index (χ1n) is 4.82. The van der Waals surface area contributed by atoms with Gasteiger partial charge in [-0.1, -0.05) is 11.6 Å². The summed E-state index contributed by atoms with van der Waals surface area (Å²) in [6.45, 7) is 0. The number of benzene rings is 1. The number of anilines is 2. The number of hydrogen-bond acceptors (Lipinski definition) is 4. The Morgan fingerprint density at radius 2 is 2.12 bits per heavy atom. The van der Waals surface area contributed by atoms with Gasteiger partial charge in [-0.3, -0.25) is 4.79 Å². The lowest BCUT2D eigenvalue weighted by Crippen LogP contribution is -2.00. The summed E-state index contributed by atoms with van der Waals surface area (Å²) in [5.41, 5.74) is 1.42. The van der Waals surface area contributed by atoms with Crippen LogP contribution in [-0.2, 0) is 11.2 Å². The number of aromatic nitrogens is 1. The molecule has 1 heterocycles. The number of nitrogens with zero attached hydrogens (tertiary/aromatic N) is 1. The monoisotopic (exact) mass is 268 g/mol. The fourth-order valence-electron chi connectivity index (χ4n) is 1.26. The fraction of sp³-hybridized carbons (Fsp3) is 0.0909. The van der Waals surface area contributed by atoms with Gasteiger partial charge in [0.05, 0.1) is 12.1 Å². The highest BCUT2D eigenvalue weighted by molar-refractivity contribution is 7.13. The minimum Gasteiger partial charge on any atom is -0.481 e. The van der Waals surface area contributed by atoms with Crippen LogP contribution in [0.4, 0.5) is 10.8 Å². The van der Waals surface area contributed by atoms with Crippen molar-refractivity contribution in [3.05, 3.63) is 40.4 Å². The molecule has 0 aliphatic heterocycles. The van der Waals surface area contributed by atoms with Crippen LogP contribution >= 0.6 is 22.9 Å². The quantitative estimate of drug-likeness (QED) is 0.894. The van der Waals surface area contributed by atoms with Gasteiger partial charge in [-0.15, -0.1) is 11.3 Å². The van der Waals surface area contributed by atoms with Gasteiger partial charge in [0.2, 0.25) is 0 Å². The number of aliphatic carboxylic acids is 1. The van der Waals surface area contributed by atoms with E-state index in [0.29, 0.717) is 15.8 Å². The van der Waals surface area contributed by atoms with Gasteiger partial charge < -0.3 is 10.4 Å². The Hall–Kier alpha value is -1.59. The standard InChI is InChI=1S/C11H9ClN2O2S/c12-7-1-3-8(4-2-7)13-11-14-9(6-17-11)5-10(15)16/h1-4,6H,5H2,(H,13,14)(H,15,16). The van der Waals surface area contributed by atoms with E-state index in [2.05, 4.69) is 10.3 Å². The molecule has 1 aromatic heterocycles. The Labute approximate surface area is 107 Å². The number of carboxylic acids is 1. The minimum absolute atomic E-state index is 0.0567. The summed E-state index contributed by atoms with van der Waals surface area (Å²) >= 11 is 7.14. The maximum atomic E-state index is 10.5. The molecule has 17 heavy (non-hydrogen) atoms. The number of carboxylic acid groups (broad SMARTS) is 1. The second kappa shape index (κ2) is 5.16. The van der Waals surface area contributed by atoms with Crippen molar-refractivity contribution in [2.75, 3.05) is 5.32 Å². The third kappa shape index (κ3) is 3.44. The Bertz CT molecular complexity index is 525. The molecular formula is C11H9ClN2O2S. The van der Waals surface area contributed by atoms with Crippen LogP contribution in [0.3, 0.4) is 0 Å². The number of carbonyl (C=O) groups is 1. The smallest absolute Gasteiger partial charge is 0.309 e. The lowest BCUT2D eigenvalue weighted by atomic mass is 10.3. The highest BCUT2D eigenvalue weighted by atomic mass is 35.5. The minimum atomic E-state index is -0.881. The molecule has 4 nitrogen and oxygen atoms in total. The van der Waals surface area contributed by atoms with Crippen LogP contribution in [0.5, 0.6) is 0 Å². The van der Waals surface area contributed by atoms with Gasteiger partial charge in [0.25, 0.3) is 0 Å². The maximum Gasteiger partial charge on any atom is 0.309 e. The molecule has 0 saturated carbocycles. The van der Waals surface area contributed by atoms with E-state index in [-0.39, 0.29) is 6.42 Å². The van der Waals surface area contributed by atoms with Gasteiger partial charge in [-0.25, -0.2) is 4.98 Å². The molecule has 0 atom stereocenters. The summed E-state index contributed by atoms with van der Waals surface area (Å²) in [5.74, 6) is -0.881. The van der Waals surface area contributed by atoms with Crippen LogP contribution in [0.1, 0.15) is 5.69 Å². The second-order valence-electron chi connectivity index (χ2n) is 3.35. The molecule has 6 heteroatoms. The molecule has 0 aliphatic carbocycles. The van der Waals surface area contributed by atoms with Gasteiger partial charge in [-0.05, 0) is 24.3 Å². The van der Waals surface area contributed by atoms with Crippen LogP contribution in [-0.4, -0.2) is 16.1 Å². The molecule has 0 spiro atoms. The lowest BCUT2D eigenvalue weighted by molar-refractivity contribution is -0.136. The molecule has 88 valence electrons. The normalized spacial score (nSPS) is 10.2. The van der Waals surface area contributed by atoms with Crippen molar-refractivity contribution in [1.29, 1.82) is 0 Å². The van der Waals surface area contributed by atoms with Gasteiger partial charge in [0.15, 0.2) is 5.13 Å². The zero-order valence-corrected chi connectivity index (χ0v) is 10.3. The van der Waals surface area contributed by atoms with Crippen molar-refractivity contribution < 1.29 is 9.90 Å². The van der Waals surface area contributed by atoms with Gasteiger partial charge in [0, 0.05) is 16.1 Å². The molecule has 1 aromatic carbocycles. The molecule has 0 bridgehead atoms. The van der Waals surface area contributed by atoms with Crippen LogP contribution in [0.2, 0.25) is 5.02 Å². The maximum absolute atomic E-state index is 10.5. The SMILES string of the molecule is O=C(O)Cc1csc(Nc2ccc(Cl)cc2)n1. The zero-order valence-electron chi connectivity index (χ0n) is 8.68. The van der Waals surface area contributed by atoms with Crippen molar-refractivity contribution in [2.24, 2.45) is 0 Å². The topological polar surface area (TPSA) is 62.2 Å². The summed E-state index contributed by atoms with van der Waals surface area (Å²) in [6.07, 6.45) is -0.0567. The predicted octanol–water partition coefficient (Wildman–Crippen LogP) is 3.17. The third-order valence-corrected chi connectivity index (χ3v) is 3.04. The number of thiazole rings is 1. The predicted molar refractivity (Wildman–Crippen MR) is 68.2 cm³/mol. The highest BCUT2D eigenvalue weighted by Crippen LogP contribution is 2.22. The second-order valence-corrected chi connectivity index (χ2v) is 4.64. The van der Waals surface area contributed by atoms with Crippen molar-refractivity contribution in [3.8, 4) is 0 Å². The first-order valence-corrected chi connectivity index (χ1v) is 6.08. The number of hydrogen-bond donors (Lipinski definition) is 2. The van der Waals surface area contributed by atoms with Gasteiger partial charge in [0.1, 0.15) is 0 Å². The van der Waals surface area contributed by atoms with E-state index in [1.807, 2.05) is 12.1 Å². The molecular weight excluding hydrogens is 260 g/mol. The molecule has 0 aliphatic rings. The van der Waals surface area contributed by atoms with E-state index < -0.39 is 5.97 Å². The third-order valence-electron chi connectivity index (χ3n) is 1.98. The van der Waals surface area contributed by atoms with Crippen LogP contribution in [0.25, 0.3) is 0 Å². The molecule has 2 aromatic rings. The summed E-state index contributed by atoms with van der Waals surface area (Å²) in [6, 6.07) is 7.21. The first kappa shape index (κ1) is 11.9. The van der Waals surface area contributed by atoms with Crippen molar-refractivity contribution in [3.63, 3.8) is 0 Å². The zero-order chi connectivity index (χ0) is 12.3. The van der Waals surface area contributed by atoms with Crippen molar-refractivity contribution >= 4 is 39.7 Å². The molecule has 2 N–H and O–H groups in total. The first-order chi connectivity index (χ1) is 8.13. The molecule has 0 radical (unpaired) electrons. The Kier molecular flexibility index (Phi) is 3.61. The number of halogens is 1. The van der Waals surface area contributed by atoms with E-state index in [1.54, 1.807) is 17.5 Å². The Balaban J connectivity index is 2.06. The average molecular weight is 269 g/mol. The molecule has 0 amide bonds. The molecule has 0 saturated heterocycles. The van der Waals surface area contributed by atoms with Crippen LogP contribution in [0.15, 0.2) is 29.6 Å². The molecule has 0 unspecified atom stereocenters. The van der Waals surface area contributed by atoms with E-state index in [4.69, 9.17) is 16.7 Å². The van der Waals surface area contributed by atoms with Crippen LogP contribution in [0, 0.1) is 0 Å². The molecule has 0 fully saturated rings. The van der Waals surface area contributed by atoms with Gasteiger partial charge >= 0.3 is 5.97 Å². The van der Waals surface area contributed by atoms with Crippen LogP contribution < -0.4 is 5.32 Å². The fourth-order valence-corrected chi connectivity index (χ4v) is 2.11.